The second-order valence-corrected chi connectivity index (χ2v) is 6.34. The summed E-state index contributed by atoms with van der Waals surface area (Å²) in [5, 5.41) is 7.62. The van der Waals surface area contributed by atoms with E-state index in [0.29, 0.717) is 12.1 Å². The highest BCUT2D eigenvalue weighted by Gasteiger charge is 2.34. The third-order valence-corrected chi connectivity index (χ3v) is 4.59. The molecule has 0 aliphatic rings. The zero-order valence-corrected chi connectivity index (χ0v) is 14.4. The number of halogens is 3. The van der Waals surface area contributed by atoms with Crippen molar-refractivity contribution in [1.82, 2.24) is 15.5 Å². The van der Waals surface area contributed by atoms with Gasteiger partial charge in [-0.15, -0.1) is 11.3 Å². The fourth-order valence-corrected chi connectivity index (χ4v) is 3.23. The Morgan fingerprint density at radius 2 is 2.04 bits per heavy atom. The maximum Gasteiger partial charge on any atom is 0.434 e. The lowest BCUT2D eigenvalue weighted by atomic mass is 10.1. The number of carbonyl (C=O) groups excluding carboxylic acids is 1. The van der Waals surface area contributed by atoms with Crippen LogP contribution >= 0.6 is 11.3 Å². The van der Waals surface area contributed by atoms with Crippen LogP contribution in [-0.2, 0) is 6.18 Å². The van der Waals surface area contributed by atoms with Gasteiger partial charge in [0.2, 0.25) is 5.76 Å². The Hall–Kier alpha value is -2.68. The monoisotopic (exact) mass is 381 g/mol. The molecule has 3 aromatic rings. The summed E-state index contributed by atoms with van der Waals surface area (Å²) in [5.41, 5.74) is 0.325. The summed E-state index contributed by atoms with van der Waals surface area (Å²) in [6.07, 6.45) is -4.12. The molecule has 0 saturated carbocycles. The molecule has 0 fully saturated rings. The van der Waals surface area contributed by atoms with Crippen LogP contribution in [0.15, 0.2) is 46.3 Å². The minimum Gasteiger partial charge on any atom is -0.350 e. The Balaban J connectivity index is 1.74. The van der Waals surface area contributed by atoms with Gasteiger partial charge in [0.1, 0.15) is 10.7 Å². The Kier molecular flexibility index (Phi) is 5.08. The van der Waals surface area contributed by atoms with Gasteiger partial charge in [-0.1, -0.05) is 42.4 Å². The Morgan fingerprint density at radius 3 is 2.65 bits per heavy atom. The highest BCUT2D eigenvalue weighted by Crippen LogP contribution is 2.32. The van der Waals surface area contributed by atoms with Gasteiger partial charge in [0.05, 0.1) is 6.04 Å². The molecule has 2 aromatic heterocycles. The van der Waals surface area contributed by atoms with Gasteiger partial charge in [0.25, 0.3) is 5.91 Å². The summed E-state index contributed by atoms with van der Waals surface area (Å²) < 4.78 is 43.1. The van der Waals surface area contributed by atoms with Crippen molar-refractivity contribution < 1.29 is 22.5 Å². The molecule has 136 valence electrons. The van der Waals surface area contributed by atoms with Crippen molar-refractivity contribution in [3.05, 3.63) is 58.2 Å². The lowest BCUT2D eigenvalue weighted by molar-refractivity contribution is -0.140. The molecule has 1 atom stereocenters. The number of rotatable bonds is 5. The quantitative estimate of drug-likeness (QED) is 0.696. The zero-order valence-electron chi connectivity index (χ0n) is 13.6. The van der Waals surface area contributed by atoms with Gasteiger partial charge in [-0.25, -0.2) is 4.98 Å². The largest absolute Gasteiger partial charge is 0.434 e. The topological polar surface area (TPSA) is 68.0 Å². The lowest BCUT2D eigenvalue weighted by Crippen LogP contribution is -2.28. The molecule has 26 heavy (non-hydrogen) atoms. The zero-order chi connectivity index (χ0) is 18.7. The summed E-state index contributed by atoms with van der Waals surface area (Å²) >= 11 is 0.856. The van der Waals surface area contributed by atoms with Gasteiger partial charge in [-0.3, -0.25) is 4.79 Å². The minimum atomic E-state index is -4.51. The second kappa shape index (κ2) is 7.28. The van der Waals surface area contributed by atoms with Crippen molar-refractivity contribution in [2.75, 3.05) is 0 Å². The van der Waals surface area contributed by atoms with E-state index in [4.69, 9.17) is 4.52 Å². The molecule has 2 heterocycles. The van der Waals surface area contributed by atoms with Crippen LogP contribution in [0.1, 0.15) is 40.6 Å². The summed E-state index contributed by atoms with van der Waals surface area (Å²) in [4.78, 5) is 15.9. The predicted molar refractivity (Wildman–Crippen MR) is 89.6 cm³/mol. The maximum atomic E-state index is 12.7. The molecule has 3 rings (SSSR count). The van der Waals surface area contributed by atoms with E-state index in [1.807, 2.05) is 30.3 Å². The van der Waals surface area contributed by atoms with Crippen molar-refractivity contribution in [1.29, 1.82) is 0 Å². The van der Waals surface area contributed by atoms with Gasteiger partial charge < -0.3 is 9.84 Å². The van der Waals surface area contributed by atoms with Gasteiger partial charge in [0.15, 0.2) is 5.69 Å². The van der Waals surface area contributed by atoms with Crippen LogP contribution in [0.25, 0.3) is 11.3 Å². The average molecular weight is 381 g/mol. The number of hydrogen-bond acceptors (Lipinski definition) is 5. The number of carbonyl (C=O) groups is 1. The van der Waals surface area contributed by atoms with Crippen LogP contribution in [0.3, 0.4) is 0 Å². The molecule has 0 spiro atoms. The number of thiazole rings is 1. The Labute approximate surface area is 150 Å². The van der Waals surface area contributed by atoms with E-state index in [-0.39, 0.29) is 10.8 Å². The molecule has 0 aliphatic heterocycles. The van der Waals surface area contributed by atoms with Crippen LogP contribution in [0.4, 0.5) is 13.2 Å². The highest BCUT2D eigenvalue weighted by molar-refractivity contribution is 7.09. The molecular weight excluding hydrogens is 367 g/mol. The molecule has 9 heteroatoms. The molecule has 1 aromatic carbocycles. The lowest BCUT2D eigenvalue weighted by Gasteiger charge is -2.13. The summed E-state index contributed by atoms with van der Waals surface area (Å²) in [6, 6.07) is 10.0. The first-order valence-corrected chi connectivity index (χ1v) is 8.62. The fraction of sp³-hybridized carbons (Fsp3) is 0.235. The van der Waals surface area contributed by atoms with Crippen LogP contribution in [0.5, 0.6) is 0 Å². The van der Waals surface area contributed by atoms with E-state index in [1.165, 1.54) is 6.07 Å². The molecule has 5 nitrogen and oxygen atoms in total. The van der Waals surface area contributed by atoms with E-state index >= 15 is 0 Å². The van der Waals surface area contributed by atoms with Gasteiger partial charge >= 0.3 is 6.18 Å². The number of aromatic nitrogens is 2. The smallest absolute Gasteiger partial charge is 0.350 e. The van der Waals surface area contributed by atoms with Gasteiger partial charge in [-0.2, -0.15) is 13.2 Å². The SMILES string of the molecule is CCC(NC(=O)c1cc(-c2ccccc2)no1)c1nc(C(F)(F)F)cs1. The average Bonchev–Trinajstić information content (AvgIpc) is 3.29. The number of benzene rings is 1. The number of nitrogens with one attached hydrogen (secondary N) is 1. The first-order valence-electron chi connectivity index (χ1n) is 7.74. The van der Waals surface area contributed by atoms with Gasteiger partial charge in [-0.05, 0) is 6.42 Å². The predicted octanol–water partition coefficient (Wildman–Crippen LogP) is 4.70. The van der Waals surface area contributed by atoms with Crippen LogP contribution in [0.2, 0.25) is 0 Å². The van der Waals surface area contributed by atoms with E-state index < -0.39 is 23.8 Å². The van der Waals surface area contributed by atoms with Crippen LogP contribution in [-0.4, -0.2) is 16.0 Å². The molecule has 1 unspecified atom stereocenters. The van der Waals surface area contributed by atoms with Crippen LogP contribution in [0, 0.1) is 0 Å². The summed E-state index contributed by atoms with van der Waals surface area (Å²) in [7, 11) is 0. The van der Waals surface area contributed by atoms with Crippen molar-refractivity contribution in [3.8, 4) is 11.3 Å². The highest BCUT2D eigenvalue weighted by atomic mass is 32.1. The summed E-state index contributed by atoms with van der Waals surface area (Å²) in [5.74, 6) is -0.579. The van der Waals surface area contributed by atoms with Crippen molar-refractivity contribution in [3.63, 3.8) is 0 Å². The molecule has 0 bridgehead atoms. The van der Waals surface area contributed by atoms with Crippen molar-refractivity contribution >= 4 is 17.2 Å². The standard InChI is InChI=1S/C17H14F3N3O2S/c1-2-11(16-22-14(9-26-16)17(18,19)20)21-15(24)13-8-12(23-25-13)10-6-4-3-5-7-10/h3-9,11H,2H2,1H3,(H,21,24). The van der Waals surface area contributed by atoms with Crippen molar-refractivity contribution in [2.24, 2.45) is 0 Å². The van der Waals surface area contributed by atoms with E-state index in [2.05, 4.69) is 15.5 Å². The molecule has 0 saturated heterocycles. The van der Waals surface area contributed by atoms with E-state index in [1.54, 1.807) is 6.92 Å². The number of hydrogen-bond donors (Lipinski definition) is 1. The first kappa shape index (κ1) is 18.1. The molecular formula is C17H14F3N3O2S. The number of nitrogens with zero attached hydrogens (tertiary/aromatic N) is 2. The fourth-order valence-electron chi connectivity index (χ4n) is 2.27. The summed E-state index contributed by atoms with van der Waals surface area (Å²) in [6.45, 7) is 1.75. The first-order chi connectivity index (χ1) is 12.4. The normalized spacial score (nSPS) is 12.8. The molecule has 0 aliphatic carbocycles. The Morgan fingerprint density at radius 1 is 1.31 bits per heavy atom. The molecule has 0 radical (unpaired) electrons. The van der Waals surface area contributed by atoms with Crippen LogP contribution < -0.4 is 5.32 Å². The second-order valence-electron chi connectivity index (χ2n) is 5.45. The number of amides is 1. The third kappa shape index (κ3) is 3.93. The van der Waals surface area contributed by atoms with Crippen molar-refractivity contribution in [2.45, 2.75) is 25.6 Å². The van der Waals surface area contributed by atoms with E-state index in [9.17, 15) is 18.0 Å². The molecule has 1 amide bonds. The number of alkyl halides is 3. The third-order valence-electron chi connectivity index (χ3n) is 3.63. The van der Waals surface area contributed by atoms with E-state index in [0.717, 1.165) is 22.3 Å². The van der Waals surface area contributed by atoms with Gasteiger partial charge in [0, 0.05) is 17.0 Å². The Bertz CT molecular complexity index is 890. The maximum absolute atomic E-state index is 12.7. The minimum absolute atomic E-state index is 0.0186. The molecule has 1 N–H and O–H groups in total.